The second kappa shape index (κ2) is 7.70. The maximum atomic E-state index is 9.13. The second-order valence-corrected chi connectivity index (χ2v) is 8.16. The Morgan fingerprint density at radius 2 is 1.91 bits per heavy atom. The topological polar surface area (TPSA) is 20.2 Å². The van der Waals surface area contributed by atoms with Gasteiger partial charge in [-0.1, -0.05) is 53.2 Å². The number of hydrogen-bond acceptors (Lipinski definition) is 1. The molecule has 0 aromatic heterocycles. The average Bonchev–Trinajstić information content (AvgIpc) is 2.47. The third-order valence-corrected chi connectivity index (χ3v) is 6.37. The summed E-state index contributed by atoms with van der Waals surface area (Å²) in [6.07, 6.45) is 10.1. The van der Waals surface area contributed by atoms with E-state index in [0.29, 0.717) is 16.7 Å². The van der Waals surface area contributed by atoms with Crippen LogP contribution in [0.2, 0.25) is 0 Å². The van der Waals surface area contributed by atoms with Crippen molar-refractivity contribution in [3.8, 4) is 0 Å². The first-order valence-electron chi connectivity index (χ1n) is 9.29. The van der Waals surface area contributed by atoms with Gasteiger partial charge < -0.3 is 5.11 Å². The van der Waals surface area contributed by atoms with E-state index in [0.717, 1.165) is 24.3 Å². The first kappa shape index (κ1) is 19.3. The molecule has 3 unspecified atom stereocenters. The number of rotatable bonds is 3. The Morgan fingerprint density at radius 1 is 1.27 bits per heavy atom. The number of allylic oxidation sites excluding steroid dienone is 2. The lowest BCUT2D eigenvalue weighted by Crippen LogP contribution is -2.49. The fraction of sp³-hybridized carbons (Fsp3) is 0.810. The van der Waals surface area contributed by atoms with Gasteiger partial charge in [-0.15, -0.1) is 0 Å². The van der Waals surface area contributed by atoms with E-state index >= 15 is 0 Å². The highest BCUT2D eigenvalue weighted by atomic mass is 16.2. The van der Waals surface area contributed by atoms with Crippen LogP contribution in [0.15, 0.2) is 24.0 Å². The minimum absolute atomic E-state index is 0.423. The standard InChI is InChI=1S/C19H32O.C2H6/c1-14(13-20)7-9-16-15(2)8-10-17-18(3,4)11-6-12-19(16,17)5;1-2/h13,16-17,20H,2,6-12H2,1,3-5H3;1-2H3/b14-13-;. The zero-order chi connectivity index (χ0) is 17.0. The van der Waals surface area contributed by atoms with E-state index in [1.165, 1.54) is 43.9 Å². The molecule has 1 nitrogen and oxygen atoms in total. The molecule has 0 aromatic rings. The SMILES string of the molecule is C=C1CCC2C(C)(C)CCCC2(C)C1CC/C(C)=C\O.CC. The monoisotopic (exact) mass is 306 g/mol. The van der Waals surface area contributed by atoms with Crippen molar-refractivity contribution < 1.29 is 5.11 Å². The van der Waals surface area contributed by atoms with Gasteiger partial charge in [0.25, 0.3) is 0 Å². The van der Waals surface area contributed by atoms with Crippen LogP contribution in [0.1, 0.15) is 86.5 Å². The van der Waals surface area contributed by atoms with Gasteiger partial charge in [0.1, 0.15) is 0 Å². The second-order valence-electron chi connectivity index (χ2n) is 8.16. The van der Waals surface area contributed by atoms with E-state index in [4.69, 9.17) is 5.11 Å². The molecule has 0 heterocycles. The molecule has 0 radical (unpaired) electrons. The van der Waals surface area contributed by atoms with Crippen LogP contribution >= 0.6 is 0 Å². The van der Waals surface area contributed by atoms with Crippen LogP contribution in [-0.2, 0) is 0 Å². The van der Waals surface area contributed by atoms with Crippen LogP contribution in [0.3, 0.4) is 0 Å². The zero-order valence-corrected chi connectivity index (χ0v) is 15.8. The maximum absolute atomic E-state index is 9.13. The molecule has 2 rings (SSSR count). The molecule has 0 aliphatic heterocycles. The van der Waals surface area contributed by atoms with Gasteiger partial charge in [0.15, 0.2) is 0 Å². The fourth-order valence-corrected chi connectivity index (χ4v) is 5.24. The van der Waals surface area contributed by atoms with Crippen molar-refractivity contribution in [2.24, 2.45) is 22.7 Å². The summed E-state index contributed by atoms with van der Waals surface area (Å²) in [4.78, 5) is 0. The molecule has 22 heavy (non-hydrogen) atoms. The summed E-state index contributed by atoms with van der Waals surface area (Å²) in [5.74, 6) is 1.47. The molecule has 0 saturated heterocycles. The van der Waals surface area contributed by atoms with Crippen LogP contribution in [0.4, 0.5) is 0 Å². The molecule has 3 atom stereocenters. The Morgan fingerprint density at radius 3 is 2.50 bits per heavy atom. The minimum atomic E-state index is 0.423. The Bertz CT molecular complexity index is 404. The summed E-state index contributed by atoms with van der Waals surface area (Å²) in [6.45, 7) is 17.9. The summed E-state index contributed by atoms with van der Waals surface area (Å²) in [6, 6.07) is 0. The van der Waals surface area contributed by atoms with Gasteiger partial charge in [0.2, 0.25) is 0 Å². The van der Waals surface area contributed by atoms with E-state index in [2.05, 4.69) is 27.4 Å². The normalized spacial score (nSPS) is 34.5. The van der Waals surface area contributed by atoms with E-state index in [1.807, 2.05) is 20.8 Å². The highest BCUT2D eigenvalue weighted by molar-refractivity contribution is 5.16. The molecule has 0 bridgehead atoms. The number of hydrogen-bond donors (Lipinski definition) is 1. The molecule has 1 N–H and O–H groups in total. The highest BCUT2D eigenvalue weighted by Crippen LogP contribution is 2.61. The molecule has 2 aliphatic rings. The molecule has 2 fully saturated rings. The summed E-state index contributed by atoms with van der Waals surface area (Å²) >= 11 is 0. The maximum Gasteiger partial charge on any atom is 0.0780 e. The number of aliphatic hydroxyl groups excluding tert-OH is 1. The van der Waals surface area contributed by atoms with Crippen LogP contribution in [-0.4, -0.2) is 5.11 Å². The van der Waals surface area contributed by atoms with Crippen LogP contribution < -0.4 is 0 Å². The first-order chi connectivity index (χ1) is 10.3. The van der Waals surface area contributed by atoms with E-state index in [9.17, 15) is 0 Å². The molecular formula is C21H38O. The summed E-state index contributed by atoms with van der Waals surface area (Å²) in [5.41, 5.74) is 3.46. The first-order valence-corrected chi connectivity index (χ1v) is 9.29. The lowest BCUT2D eigenvalue weighted by molar-refractivity contribution is -0.0539. The van der Waals surface area contributed by atoms with Crippen molar-refractivity contribution in [1.29, 1.82) is 0 Å². The summed E-state index contributed by atoms with van der Waals surface area (Å²) in [5, 5.41) is 9.13. The Hall–Kier alpha value is -0.720. The third kappa shape index (κ3) is 3.78. The number of fused-ring (bicyclic) bond motifs is 1. The zero-order valence-electron chi connectivity index (χ0n) is 15.8. The molecule has 0 amide bonds. The summed E-state index contributed by atoms with van der Waals surface area (Å²) < 4.78 is 0. The predicted molar refractivity (Wildman–Crippen MR) is 98.1 cm³/mol. The lowest BCUT2D eigenvalue weighted by atomic mass is 9.47. The summed E-state index contributed by atoms with van der Waals surface area (Å²) in [7, 11) is 0. The van der Waals surface area contributed by atoms with Crippen LogP contribution in [0, 0.1) is 22.7 Å². The van der Waals surface area contributed by atoms with Crippen molar-refractivity contribution in [2.75, 3.05) is 0 Å². The van der Waals surface area contributed by atoms with Gasteiger partial charge in [-0.3, -0.25) is 0 Å². The molecule has 2 saturated carbocycles. The van der Waals surface area contributed by atoms with Gasteiger partial charge in [-0.05, 0) is 73.7 Å². The smallest absolute Gasteiger partial charge is 0.0780 e. The molecule has 1 heteroatoms. The van der Waals surface area contributed by atoms with Crippen molar-refractivity contribution in [2.45, 2.75) is 86.5 Å². The van der Waals surface area contributed by atoms with Crippen molar-refractivity contribution in [3.05, 3.63) is 24.0 Å². The van der Waals surface area contributed by atoms with Crippen LogP contribution in [0.5, 0.6) is 0 Å². The van der Waals surface area contributed by atoms with Gasteiger partial charge >= 0.3 is 0 Å². The Balaban J connectivity index is 0.00000116. The van der Waals surface area contributed by atoms with E-state index in [-0.39, 0.29) is 0 Å². The van der Waals surface area contributed by atoms with Gasteiger partial charge in [0, 0.05) is 0 Å². The van der Waals surface area contributed by atoms with Crippen LogP contribution in [0.25, 0.3) is 0 Å². The van der Waals surface area contributed by atoms with E-state index in [1.54, 1.807) is 0 Å². The highest BCUT2D eigenvalue weighted by Gasteiger charge is 2.52. The van der Waals surface area contributed by atoms with Gasteiger partial charge in [-0.2, -0.15) is 0 Å². The molecule has 2 aliphatic carbocycles. The van der Waals surface area contributed by atoms with Gasteiger partial charge in [-0.25, -0.2) is 0 Å². The molecule has 0 spiro atoms. The van der Waals surface area contributed by atoms with Gasteiger partial charge in [0.05, 0.1) is 6.26 Å². The lowest BCUT2D eigenvalue weighted by Gasteiger charge is -2.58. The Kier molecular flexibility index (Phi) is 6.77. The molecular weight excluding hydrogens is 268 g/mol. The predicted octanol–water partition coefficient (Wildman–Crippen LogP) is 7.05. The third-order valence-electron chi connectivity index (χ3n) is 6.37. The molecule has 0 aromatic carbocycles. The average molecular weight is 307 g/mol. The quantitative estimate of drug-likeness (QED) is 0.437. The number of aliphatic hydroxyl groups is 1. The molecule has 128 valence electrons. The van der Waals surface area contributed by atoms with Crippen molar-refractivity contribution >= 4 is 0 Å². The largest absolute Gasteiger partial charge is 0.516 e. The minimum Gasteiger partial charge on any atom is -0.516 e. The fourth-order valence-electron chi connectivity index (χ4n) is 5.24. The van der Waals surface area contributed by atoms with Crippen molar-refractivity contribution in [3.63, 3.8) is 0 Å². The van der Waals surface area contributed by atoms with Crippen molar-refractivity contribution in [1.82, 2.24) is 0 Å². The van der Waals surface area contributed by atoms with E-state index < -0.39 is 0 Å². The Labute approximate surface area is 138 Å².